The van der Waals surface area contributed by atoms with Gasteiger partial charge in [-0.2, -0.15) is 0 Å². The second-order valence-electron chi connectivity index (χ2n) is 3.42. The van der Waals surface area contributed by atoms with Gasteiger partial charge in [0.15, 0.2) is 11.4 Å². The average Bonchev–Trinajstić information content (AvgIpc) is 2.38. The van der Waals surface area contributed by atoms with Crippen molar-refractivity contribution in [2.75, 3.05) is 25.1 Å². The molecule has 0 aliphatic rings. The van der Waals surface area contributed by atoms with E-state index in [2.05, 4.69) is 15.6 Å². The van der Waals surface area contributed by atoms with Crippen molar-refractivity contribution >= 4 is 23.0 Å². The molecule has 100 valence electrons. The minimum Gasteiger partial charge on any atom is -0.357 e. The fraction of sp³-hybridized carbons (Fsp3) is 0.500. The van der Waals surface area contributed by atoms with Gasteiger partial charge in [0.25, 0.3) is 0 Å². The summed E-state index contributed by atoms with van der Waals surface area (Å²) in [4.78, 5) is 3.99. The molecule has 18 heavy (non-hydrogen) atoms. The largest absolute Gasteiger partial charge is 0.357 e. The molecule has 6 heteroatoms. The van der Waals surface area contributed by atoms with Crippen LogP contribution >= 0.6 is 12.2 Å². The summed E-state index contributed by atoms with van der Waals surface area (Å²) in [5.41, 5.74) is 0.847. The van der Waals surface area contributed by atoms with E-state index in [0.29, 0.717) is 24.9 Å². The lowest BCUT2D eigenvalue weighted by atomic mass is 10.4. The molecule has 2 N–H and O–H groups in total. The third-order valence-electron chi connectivity index (χ3n) is 2.05. The number of thiocarbonyl (C=S) groups is 1. The molecule has 0 bridgehead atoms. The van der Waals surface area contributed by atoms with E-state index in [9.17, 15) is 0 Å². The van der Waals surface area contributed by atoms with E-state index in [1.807, 2.05) is 26.0 Å². The lowest BCUT2D eigenvalue weighted by Gasteiger charge is -2.18. The Labute approximate surface area is 113 Å². The third-order valence-corrected chi connectivity index (χ3v) is 2.30. The molecule has 1 rings (SSSR count). The molecule has 1 heterocycles. The highest BCUT2D eigenvalue weighted by atomic mass is 32.1. The predicted octanol–water partition coefficient (Wildman–Crippen LogP) is 1.77. The predicted molar refractivity (Wildman–Crippen MR) is 75.5 cm³/mol. The molecular formula is C12H19N3O2S. The molecule has 0 saturated heterocycles. The maximum atomic E-state index is 5.40. The zero-order valence-corrected chi connectivity index (χ0v) is 11.5. The number of hydrogen-bond acceptors (Lipinski definition) is 4. The SMILES string of the molecule is CCOC(CNC(=S)Nc1cccnc1)OCC. The Bertz CT molecular complexity index is 342. The highest BCUT2D eigenvalue weighted by Crippen LogP contribution is 2.02. The molecule has 0 aliphatic carbocycles. The standard InChI is InChI=1S/C12H19N3O2S/c1-3-16-11(17-4-2)9-14-12(18)15-10-6-5-7-13-8-10/h5-8,11H,3-4,9H2,1-2H3,(H2,14,15,18). The van der Waals surface area contributed by atoms with Crippen LogP contribution in [0.4, 0.5) is 5.69 Å². The van der Waals surface area contributed by atoms with Crippen molar-refractivity contribution in [1.82, 2.24) is 10.3 Å². The molecule has 0 spiro atoms. The number of ether oxygens (including phenoxy) is 2. The smallest absolute Gasteiger partial charge is 0.174 e. The van der Waals surface area contributed by atoms with E-state index in [1.165, 1.54) is 0 Å². The highest BCUT2D eigenvalue weighted by Gasteiger charge is 2.08. The number of nitrogens with one attached hydrogen (secondary N) is 2. The number of nitrogens with zero attached hydrogens (tertiary/aromatic N) is 1. The maximum Gasteiger partial charge on any atom is 0.174 e. The van der Waals surface area contributed by atoms with E-state index in [1.54, 1.807) is 12.4 Å². The van der Waals surface area contributed by atoms with E-state index in [0.717, 1.165) is 5.69 Å². The number of anilines is 1. The molecule has 0 aliphatic heterocycles. The van der Waals surface area contributed by atoms with Crippen molar-refractivity contribution < 1.29 is 9.47 Å². The lowest BCUT2D eigenvalue weighted by Crippen LogP contribution is -2.37. The summed E-state index contributed by atoms with van der Waals surface area (Å²) in [5, 5.41) is 6.59. The highest BCUT2D eigenvalue weighted by molar-refractivity contribution is 7.80. The first kappa shape index (κ1) is 14.8. The van der Waals surface area contributed by atoms with Gasteiger partial charge < -0.3 is 20.1 Å². The topological polar surface area (TPSA) is 55.4 Å². The molecule has 0 radical (unpaired) electrons. The molecular weight excluding hydrogens is 250 g/mol. The van der Waals surface area contributed by atoms with Crippen LogP contribution < -0.4 is 10.6 Å². The first-order valence-electron chi connectivity index (χ1n) is 5.94. The zero-order chi connectivity index (χ0) is 13.2. The summed E-state index contributed by atoms with van der Waals surface area (Å²) >= 11 is 5.16. The zero-order valence-electron chi connectivity index (χ0n) is 10.7. The quantitative estimate of drug-likeness (QED) is 0.581. The molecule has 0 fully saturated rings. The van der Waals surface area contributed by atoms with Crippen molar-refractivity contribution in [3.63, 3.8) is 0 Å². The normalized spacial score (nSPS) is 10.4. The Hall–Kier alpha value is -1.24. The van der Waals surface area contributed by atoms with Gasteiger partial charge in [-0.3, -0.25) is 4.98 Å². The van der Waals surface area contributed by atoms with Crippen LogP contribution in [0.25, 0.3) is 0 Å². The molecule has 0 unspecified atom stereocenters. The van der Waals surface area contributed by atoms with Crippen LogP contribution in [0.15, 0.2) is 24.5 Å². The Morgan fingerprint density at radius 1 is 1.39 bits per heavy atom. The fourth-order valence-corrected chi connectivity index (χ4v) is 1.53. The number of aromatic nitrogens is 1. The Morgan fingerprint density at radius 3 is 2.67 bits per heavy atom. The van der Waals surface area contributed by atoms with Crippen LogP contribution in [0, 0.1) is 0 Å². The molecule has 0 saturated carbocycles. The van der Waals surface area contributed by atoms with Crippen molar-refractivity contribution in [1.29, 1.82) is 0 Å². The average molecular weight is 269 g/mol. The van der Waals surface area contributed by atoms with Gasteiger partial charge in [0.2, 0.25) is 0 Å². The fourth-order valence-electron chi connectivity index (χ4n) is 1.33. The molecule has 1 aromatic rings. The summed E-state index contributed by atoms with van der Waals surface area (Å²) in [7, 11) is 0. The van der Waals surface area contributed by atoms with E-state index in [4.69, 9.17) is 21.7 Å². The van der Waals surface area contributed by atoms with Crippen LogP contribution in [0.5, 0.6) is 0 Å². The third kappa shape index (κ3) is 5.90. The first-order chi connectivity index (χ1) is 8.76. The van der Waals surface area contributed by atoms with Crippen molar-refractivity contribution in [2.24, 2.45) is 0 Å². The van der Waals surface area contributed by atoms with Gasteiger partial charge in [-0.15, -0.1) is 0 Å². The summed E-state index contributed by atoms with van der Waals surface area (Å²) in [5.74, 6) is 0. The number of rotatable bonds is 7. The van der Waals surface area contributed by atoms with Gasteiger partial charge in [-0.1, -0.05) is 0 Å². The van der Waals surface area contributed by atoms with Crippen molar-refractivity contribution in [3.8, 4) is 0 Å². The summed E-state index contributed by atoms with van der Waals surface area (Å²) in [6, 6.07) is 3.73. The Balaban J connectivity index is 2.31. The van der Waals surface area contributed by atoms with Crippen LogP contribution in [-0.4, -0.2) is 36.1 Å². The molecule has 1 aromatic heterocycles. The molecule has 0 amide bonds. The second kappa shape index (κ2) is 8.79. The number of pyridine rings is 1. The van der Waals surface area contributed by atoms with Crippen LogP contribution in [0.1, 0.15) is 13.8 Å². The van der Waals surface area contributed by atoms with Crippen LogP contribution in [0.2, 0.25) is 0 Å². The van der Waals surface area contributed by atoms with Gasteiger partial charge in [-0.05, 0) is 38.2 Å². The van der Waals surface area contributed by atoms with Gasteiger partial charge in [0.1, 0.15) is 0 Å². The lowest BCUT2D eigenvalue weighted by molar-refractivity contribution is -0.130. The first-order valence-corrected chi connectivity index (χ1v) is 6.35. The summed E-state index contributed by atoms with van der Waals surface area (Å²) < 4.78 is 10.8. The Morgan fingerprint density at radius 2 is 2.11 bits per heavy atom. The molecule has 0 aromatic carbocycles. The minimum atomic E-state index is -0.284. The van der Waals surface area contributed by atoms with E-state index < -0.39 is 0 Å². The van der Waals surface area contributed by atoms with Gasteiger partial charge in [0, 0.05) is 19.4 Å². The van der Waals surface area contributed by atoms with Gasteiger partial charge >= 0.3 is 0 Å². The Kier molecular flexibility index (Phi) is 7.24. The second-order valence-corrected chi connectivity index (χ2v) is 3.83. The number of hydrogen-bond donors (Lipinski definition) is 2. The van der Waals surface area contributed by atoms with Crippen molar-refractivity contribution in [3.05, 3.63) is 24.5 Å². The molecule has 5 nitrogen and oxygen atoms in total. The van der Waals surface area contributed by atoms with Gasteiger partial charge in [0.05, 0.1) is 18.4 Å². The maximum absolute atomic E-state index is 5.40. The minimum absolute atomic E-state index is 0.284. The monoisotopic (exact) mass is 269 g/mol. The van der Waals surface area contributed by atoms with E-state index >= 15 is 0 Å². The van der Waals surface area contributed by atoms with Crippen molar-refractivity contribution in [2.45, 2.75) is 20.1 Å². The summed E-state index contributed by atoms with van der Waals surface area (Å²) in [6.45, 7) is 5.58. The van der Waals surface area contributed by atoms with E-state index in [-0.39, 0.29) is 6.29 Å². The van der Waals surface area contributed by atoms with Crippen LogP contribution in [-0.2, 0) is 9.47 Å². The van der Waals surface area contributed by atoms with Gasteiger partial charge in [-0.25, -0.2) is 0 Å². The van der Waals surface area contributed by atoms with Crippen LogP contribution in [0.3, 0.4) is 0 Å². The summed E-state index contributed by atoms with van der Waals surface area (Å²) in [6.07, 6.45) is 3.13. The molecule has 0 atom stereocenters.